The van der Waals surface area contributed by atoms with E-state index in [1.807, 2.05) is 42.5 Å². The number of para-hydroxylation sites is 3. The molecule has 0 fully saturated rings. The van der Waals surface area contributed by atoms with Gasteiger partial charge in [0.05, 0.1) is 22.1 Å². The van der Waals surface area contributed by atoms with E-state index in [1.165, 1.54) is 22.9 Å². The van der Waals surface area contributed by atoms with Crippen LogP contribution in [0.25, 0.3) is 33.5 Å². The van der Waals surface area contributed by atoms with Gasteiger partial charge in [0.2, 0.25) is 0 Å². The van der Waals surface area contributed by atoms with Crippen LogP contribution in [-0.4, -0.2) is 20.2 Å². The molecule has 0 aliphatic heterocycles. The van der Waals surface area contributed by atoms with Gasteiger partial charge in [-0.3, -0.25) is 0 Å². The quantitative estimate of drug-likeness (QED) is 0.304. The minimum absolute atomic E-state index is 0.460. The van der Waals surface area contributed by atoms with Crippen molar-refractivity contribution < 1.29 is 4.42 Å². The predicted molar refractivity (Wildman–Crippen MR) is 111 cm³/mol. The van der Waals surface area contributed by atoms with Crippen LogP contribution in [-0.2, 0) is 5.75 Å². The van der Waals surface area contributed by atoms with Crippen LogP contribution in [0.3, 0.4) is 0 Å². The average Bonchev–Trinajstić information content (AvgIpc) is 3.19. The van der Waals surface area contributed by atoms with E-state index in [2.05, 4.69) is 41.4 Å². The molecule has 2 heterocycles. The highest BCUT2D eigenvalue weighted by Crippen LogP contribution is 2.30. The Hall–Kier alpha value is -3.25. The number of aryl methyl sites for hydroxylation is 1. The molecular weight excluding hydrogens is 368 g/mol. The molecule has 136 valence electrons. The molecule has 0 unspecified atom stereocenters. The second-order valence-electron chi connectivity index (χ2n) is 6.54. The van der Waals surface area contributed by atoms with E-state index in [9.17, 15) is 0 Å². The van der Waals surface area contributed by atoms with E-state index in [0.717, 1.165) is 33.4 Å². The Morgan fingerprint density at radius 2 is 1.61 bits per heavy atom. The van der Waals surface area contributed by atoms with Gasteiger partial charge in [0, 0.05) is 5.75 Å². The summed E-state index contributed by atoms with van der Waals surface area (Å²) < 4.78 is 5.91. The van der Waals surface area contributed by atoms with Gasteiger partial charge in [-0.15, -0.1) is 10.2 Å². The van der Waals surface area contributed by atoms with Crippen LogP contribution in [0.15, 0.2) is 76.4 Å². The topological polar surface area (TPSA) is 64.7 Å². The summed E-state index contributed by atoms with van der Waals surface area (Å²) in [5.41, 5.74) is 6.55. The fraction of sp³-hybridized carbons (Fsp3) is 0.0909. The summed E-state index contributed by atoms with van der Waals surface area (Å²) >= 11 is 1.53. The molecular formula is C22H16N4OS. The molecule has 6 heteroatoms. The highest BCUT2D eigenvalue weighted by molar-refractivity contribution is 7.98. The van der Waals surface area contributed by atoms with Crippen LogP contribution in [0.2, 0.25) is 0 Å². The molecule has 28 heavy (non-hydrogen) atoms. The Morgan fingerprint density at radius 1 is 0.821 bits per heavy atom. The molecule has 0 N–H and O–H groups in total. The minimum atomic E-state index is 0.460. The summed E-state index contributed by atoms with van der Waals surface area (Å²) in [6, 6.07) is 22.1. The maximum atomic E-state index is 5.91. The van der Waals surface area contributed by atoms with Crippen LogP contribution in [0.4, 0.5) is 0 Å². The second-order valence-corrected chi connectivity index (χ2v) is 7.46. The Morgan fingerprint density at radius 3 is 2.46 bits per heavy atom. The van der Waals surface area contributed by atoms with Crippen molar-refractivity contribution in [3.05, 3.63) is 77.9 Å². The standard InChI is InChI=1S/C22H16N4OS/c1-14-6-4-7-15(12-14)13-28-22-26-25-21(27-22)16-8-5-11-19-20(16)24-18-10-3-2-9-17(18)23-19/h2-12H,13H2,1H3. The first-order chi connectivity index (χ1) is 13.8. The first-order valence-electron chi connectivity index (χ1n) is 8.94. The third-order valence-corrected chi connectivity index (χ3v) is 5.34. The summed E-state index contributed by atoms with van der Waals surface area (Å²) in [5.74, 6) is 1.24. The number of benzene rings is 3. The van der Waals surface area contributed by atoms with Gasteiger partial charge in [0.25, 0.3) is 11.1 Å². The van der Waals surface area contributed by atoms with Gasteiger partial charge in [0.1, 0.15) is 5.52 Å². The molecule has 2 aromatic heterocycles. The lowest BCUT2D eigenvalue weighted by Gasteiger charge is -2.03. The van der Waals surface area contributed by atoms with E-state index in [-0.39, 0.29) is 0 Å². The van der Waals surface area contributed by atoms with Crippen LogP contribution in [0.5, 0.6) is 0 Å². The number of nitrogens with zero attached hydrogens (tertiary/aromatic N) is 4. The normalized spacial score (nSPS) is 11.3. The maximum Gasteiger partial charge on any atom is 0.277 e. The smallest absolute Gasteiger partial charge is 0.277 e. The predicted octanol–water partition coefficient (Wildman–Crippen LogP) is 5.43. The monoisotopic (exact) mass is 384 g/mol. The van der Waals surface area contributed by atoms with Gasteiger partial charge in [-0.2, -0.15) is 0 Å². The van der Waals surface area contributed by atoms with Crippen molar-refractivity contribution in [1.29, 1.82) is 0 Å². The zero-order valence-electron chi connectivity index (χ0n) is 15.2. The summed E-state index contributed by atoms with van der Waals surface area (Å²) in [7, 11) is 0. The van der Waals surface area contributed by atoms with Gasteiger partial charge in [-0.05, 0) is 36.8 Å². The molecule has 5 aromatic rings. The zero-order chi connectivity index (χ0) is 18.9. The molecule has 0 saturated heterocycles. The van der Waals surface area contributed by atoms with E-state index >= 15 is 0 Å². The van der Waals surface area contributed by atoms with E-state index in [4.69, 9.17) is 14.4 Å². The molecule has 0 aliphatic carbocycles. The molecule has 5 nitrogen and oxygen atoms in total. The Kier molecular flexibility index (Phi) is 4.25. The lowest BCUT2D eigenvalue weighted by Crippen LogP contribution is -1.90. The Bertz CT molecular complexity index is 1300. The van der Waals surface area contributed by atoms with Crippen LogP contribution >= 0.6 is 11.8 Å². The first kappa shape index (κ1) is 16.9. The molecule has 0 atom stereocenters. The summed E-state index contributed by atoms with van der Waals surface area (Å²) in [6.45, 7) is 2.09. The SMILES string of the molecule is Cc1cccc(CSc2nnc(-c3cccc4nc5ccccc5nc34)o2)c1. The molecule has 0 bridgehead atoms. The lowest BCUT2D eigenvalue weighted by atomic mass is 10.1. The number of fused-ring (bicyclic) bond motifs is 2. The second kappa shape index (κ2) is 7.05. The molecule has 5 rings (SSSR count). The summed E-state index contributed by atoms with van der Waals surface area (Å²) in [4.78, 5) is 9.47. The number of thioether (sulfide) groups is 1. The van der Waals surface area contributed by atoms with Gasteiger partial charge in [-0.25, -0.2) is 9.97 Å². The number of aromatic nitrogens is 4. The van der Waals surface area contributed by atoms with Crippen molar-refractivity contribution in [2.45, 2.75) is 17.9 Å². The molecule has 3 aromatic carbocycles. The van der Waals surface area contributed by atoms with Crippen molar-refractivity contribution in [1.82, 2.24) is 20.2 Å². The lowest BCUT2D eigenvalue weighted by molar-refractivity contribution is 0.466. The Labute approximate surface area is 165 Å². The van der Waals surface area contributed by atoms with Gasteiger partial charge >= 0.3 is 0 Å². The van der Waals surface area contributed by atoms with E-state index in [0.29, 0.717) is 11.1 Å². The van der Waals surface area contributed by atoms with Gasteiger partial charge < -0.3 is 4.42 Å². The molecule has 0 amide bonds. The van der Waals surface area contributed by atoms with Crippen LogP contribution < -0.4 is 0 Å². The van der Waals surface area contributed by atoms with Gasteiger partial charge in [0.15, 0.2) is 0 Å². The molecule has 0 aliphatic rings. The van der Waals surface area contributed by atoms with Crippen molar-refractivity contribution in [2.75, 3.05) is 0 Å². The molecule has 0 saturated carbocycles. The summed E-state index contributed by atoms with van der Waals surface area (Å²) in [5, 5.41) is 8.98. The van der Waals surface area contributed by atoms with Crippen molar-refractivity contribution in [3.8, 4) is 11.5 Å². The largest absolute Gasteiger partial charge is 0.411 e. The number of hydrogen-bond acceptors (Lipinski definition) is 6. The zero-order valence-corrected chi connectivity index (χ0v) is 16.0. The fourth-order valence-corrected chi connectivity index (χ4v) is 3.85. The van der Waals surface area contributed by atoms with E-state index in [1.54, 1.807) is 0 Å². The first-order valence-corrected chi connectivity index (χ1v) is 9.92. The maximum absolute atomic E-state index is 5.91. The summed E-state index contributed by atoms with van der Waals surface area (Å²) in [6.07, 6.45) is 0. The third-order valence-electron chi connectivity index (χ3n) is 4.45. The third kappa shape index (κ3) is 3.23. The average molecular weight is 384 g/mol. The number of rotatable bonds is 4. The van der Waals surface area contributed by atoms with E-state index < -0.39 is 0 Å². The van der Waals surface area contributed by atoms with Crippen LogP contribution in [0.1, 0.15) is 11.1 Å². The van der Waals surface area contributed by atoms with Crippen molar-refractivity contribution >= 4 is 33.8 Å². The Balaban J connectivity index is 1.48. The fourth-order valence-electron chi connectivity index (χ4n) is 3.14. The van der Waals surface area contributed by atoms with Gasteiger partial charge in [-0.1, -0.05) is 59.8 Å². The molecule has 0 radical (unpaired) electrons. The van der Waals surface area contributed by atoms with Crippen LogP contribution in [0, 0.1) is 6.92 Å². The molecule has 0 spiro atoms. The highest BCUT2D eigenvalue weighted by Gasteiger charge is 2.14. The highest BCUT2D eigenvalue weighted by atomic mass is 32.2. The number of hydrogen-bond donors (Lipinski definition) is 0. The van der Waals surface area contributed by atoms with Crippen molar-refractivity contribution in [2.24, 2.45) is 0 Å². The minimum Gasteiger partial charge on any atom is -0.411 e. The van der Waals surface area contributed by atoms with Crippen molar-refractivity contribution in [3.63, 3.8) is 0 Å².